The molecule has 0 amide bonds. The number of rotatable bonds is 7. The highest BCUT2D eigenvalue weighted by Crippen LogP contribution is 2.39. The van der Waals surface area contributed by atoms with E-state index >= 15 is 0 Å². The Balaban J connectivity index is 2.27. The Morgan fingerprint density at radius 1 is 1.30 bits per heavy atom. The van der Waals surface area contributed by atoms with Gasteiger partial charge in [-0.3, -0.25) is 9.59 Å². The van der Waals surface area contributed by atoms with Gasteiger partial charge in [-0.2, -0.15) is 5.26 Å². The summed E-state index contributed by atoms with van der Waals surface area (Å²) in [5.74, 6) is -0.0539. The lowest BCUT2D eigenvalue weighted by molar-refractivity contribution is -0.119. The Bertz CT molecular complexity index is 835. The average molecular weight is 403 g/mol. The number of halogens is 1. The summed E-state index contributed by atoms with van der Waals surface area (Å²) in [6.45, 7) is 7.53. The van der Waals surface area contributed by atoms with Gasteiger partial charge in [0, 0.05) is 22.2 Å². The lowest BCUT2D eigenvalue weighted by Crippen LogP contribution is -2.33. The molecule has 0 radical (unpaired) electrons. The molecule has 0 saturated heterocycles. The topological polar surface area (TPSA) is 70.3 Å². The Kier molecular flexibility index (Phi) is 7.41. The smallest absolute Gasteiger partial charge is 0.173 e. The molecule has 0 fully saturated rings. The molecule has 27 heavy (non-hydrogen) atoms. The van der Waals surface area contributed by atoms with E-state index in [0.29, 0.717) is 32.8 Å². The number of carbonyl (C=O) groups is 2. The first-order valence-corrected chi connectivity index (χ1v) is 10.2. The zero-order valence-electron chi connectivity index (χ0n) is 16.0. The molecule has 1 aromatic carbocycles. The number of nitriles is 1. The number of ketones is 2. The molecule has 0 bridgehead atoms. The molecule has 0 aromatic heterocycles. The summed E-state index contributed by atoms with van der Waals surface area (Å²) in [5.41, 5.74) is 1.81. The zero-order chi connectivity index (χ0) is 20.1. The Morgan fingerprint density at radius 2 is 1.93 bits per heavy atom. The highest BCUT2D eigenvalue weighted by molar-refractivity contribution is 8.03. The van der Waals surface area contributed by atoms with Gasteiger partial charge in [0.2, 0.25) is 0 Å². The first-order chi connectivity index (χ1) is 12.7. The Morgan fingerprint density at radius 3 is 2.44 bits per heavy atom. The van der Waals surface area contributed by atoms with E-state index in [-0.39, 0.29) is 29.2 Å². The fraction of sp³-hybridized carbons (Fsp3) is 0.429. The Hall–Kier alpha value is -1.90. The Labute approximate surface area is 169 Å². The number of hydrogen-bond donors (Lipinski definition) is 0. The molecule has 1 heterocycles. The SMILES string of the molecule is CC(=O)C1C(C)=NC(SCC(=O)c2ccc(Cl)cc2)=C(C#N)[C@H]1CC(C)C. The second kappa shape index (κ2) is 9.34. The third-order valence-corrected chi connectivity index (χ3v) is 5.76. The number of nitrogens with zero attached hydrogens (tertiary/aromatic N) is 2. The number of benzene rings is 1. The van der Waals surface area contributed by atoms with Crippen LogP contribution in [0.15, 0.2) is 39.9 Å². The molecule has 2 atom stereocenters. The third-order valence-electron chi connectivity index (χ3n) is 4.52. The molecular formula is C21H23ClN2O2S. The summed E-state index contributed by atoms with van der Waals surface area (Å²) in [4.78, 5) is 29.1. The number of thioether (sulfide) groups is 1. The van der Waals surface area contributed by atoms with Crippen LogP contribution in [0.25, 0.3) is 0 Å². The van der Waals surface area contributed by atoms with Crippen LogP contribution in [0.2, 0.25) is 5.02 Å². The maximum Gasteiger partial charge on any atom is 0.173 e. The van der Waals surface area contributed by atoms with E-state index in [1.807, 2.05) is 6.92 Å². The van der Waals surface area contributed by atoms with Crippen LogP contribution in [0.3, 0.4) is 0 Å². The van der Waals surface area contributed by atoms with Crippen molar-refractivity contribution in [3.8, 4) is 6.07 Å². The summed E-state index contributed by atoms with van der Waals surface area (Å²) in [5, 5.41) is 10.9. The van der Waals surface area contributed by atoms with E-state index in [0.717, 1.165) is 6.42 Å². The molecule has 1 aliphatic rings. The number of Topliss-reactive ketones (excluding diaryl/α,β-unsaturated/α-hetero) is 2. The summed E-state index contributed by atoms with van der Waals surface area (Å²) in [7, 11) is 0. The van der Waals surface area contributed by atoms with E-state index in [4.69, 9.17) is 11.6 Å². The average Bonchev–Trinajstić information content (AvgIpc) is 2.59. The molecule has 1 aromatic rings. The van der Waals surface area contributed by atoms with Crippen LogP contribution in [0.1, 0.15) is 44.5 Å². The predicted molar refractivity (Wildman–Crippen MR) is 111 cm³/mol. The maximum absolute atomic E-state index is 12.4. The summed E-state index contributed by atoms with van der Waals surface area (Å²) >= 11 is 7.12. The van der Waals surface area contributed by atoms with Crippen molar-refractivity contribution in [2.45, 2.75) is 34.1 Å². The monoisotopic (exact) mass is 402 g/mol. The van der Waals surface area contributed by atoms with Gasteiger partial charge in [0.1, 0.15) is 10.8 Å². The highest BCUT2D eigenvalue weighted by atomic mass is 35.5. The normalized spacial score (nSPS) is 19.7. The molecule has 2 rings (SSSR count). The van der Waals surface area contributed by atoms with E-state index in [1.54, 1.807) is 31.2 Å². The van der Waals surface area contributed by atoms with Gasteiger partial charge in [0.15, 0.2) is 5.78 Å². The van der Waals surface area contributed by atoms with Crippen LogP contribution in [-0.4, -0.2) is 23.0 Å². The van der Waals surface area contributed by atoms with Gasteiger partial charge >= 0.3 is 0 Å². The fourth-order valence-electron chi connectivity index (χ4n) is 3.34. The summed E-state index contributed by atoms with van der Waals surface area (Å²) in [6, 6.07) is 8.99. The number of hydrogen-bond acceptors (Lipinski definition) is 5. The third kappa shape index (κ3) is 5.31. The van der Waals surface area contributed by atoms with Crippen molar-refractivity contribution >= 4 is 40.6 Å². The number of aliphatic imine (C=N–C) groups is 1. The van der Waals surface area contributed by atoms with E-state index in [2.05, 4.69) is 24.9 Å². The van der Waals surface area contributed by atoms with Crippen molar-refractivity contribution in [2.75, 3.05) is 5.75 Å². The van der Waals surface area contributed by atoms with Crippen molar-refractivity contribution < 1.29 is 9.59 Å². The molecule has 0 saturated carbocycles. The minimum Gasteiger partial charge on any atom is -0.299 e. The van der Waals surface area contributed by atoms with Crippen LogP contribution in [0.5, 0.6) is 0 Å². The van der Waals surface area contributed by atoms with E-state index in [1.165, 1.54) is 11.8 Å². The maximum atomic E-state index is 12.4. The van der Waals surface area contributed by atoms with Crippen molar-refractivity contribution in [1.29, 1.82) is 5.26 Å². The van der Waals surface area contributed by atoms with Crippen molar-refractivity contribution in [3.63, 3.8) is 0 Å². The summed E-state index contributed by atoms with van der Waals surface area (Å²) in [6.07, 6.45) is 0.731. The molecule has 4 nitrogen and oxygen atoms in total. The van der Waals surface area contributed by atoms with Crippen LogP contribution in [0.4, 0.5) is 0 Å². The highest BCUT2D eigenvalue weighted by Gasteiger charge is 2.36. The molecule has 0 spiro atoms. The molecule has 0 aliphatic carbocycles. The quantitative estimate of drug-likeness (QED) is 0.577. The number of carbonyl (C=O) groups excluding carboxylic acids is 2. The second-order valence-corrected chi connectivity index (χ2v) is 8.53. The van der Waals surface area contributed by atoms with Gasteiger partial charge in [-0.05, 0) is 50.5 Å². The number of allylic oxidation sites excluding steroid dienone is 1. The molecular weight excluding hydrogens is 380 g/mol. The standard InChI is InChI=1S/C21H23ClN2O2S/c1-12(2)9-17-18(10-23)21(24-13(3)20(17)14(4)25)27-11-19(26)15-5-7-16(22)8-6-15/h5-8,12,17,20H,9,11H2,1-4H3/t17-,20?/m1/s1. The zero-order valence-corrected chi connectivity index (χ0v) is 17.5. The van der Waals surface area contributed by atoms with Crippen molar-refractivity contribution in [3.05, 3.63) is 45.5 Å². The van der Waals surface area contributed by atoms with Gasteiger partial charge in [-0.25, -0.2) is 4.99 Å². The van der Waals surface area contributed by atoms with Gasteiger partial charge in [0.25, 0.3) is 0 Å². The summed E-state index contributed by atoms with van der Waals surface area (Å²) < 4.78 is 0. The van der Waals surface area contributed by atoms with Gasteiger partial charge in [-0.1, -0.05) is 37.2 Å². The molecule has 6 heteroatoms. The largest absolute Gasteiger partial charge is 0.299 e. The lowest BCUT2D eigenvalue weighted by Gasteiger charge is -2.30. The second-order valence-electron chi connectivity index (χ2n) is 7.13. The lowest BCUT2D eigenvalue weighted by atomic mass is 9.75. The van der Waals surface area contributed by atoms with Gasteiger partial charge in [-0.15, -0.1) is 0 Å². The van der Waals surface area contributed by atoms with E-state index in [9.17, 15) is 14.9 Å². The predicted octanol–water partition coefficient (Wildman–Crippen LogP) is 5.33. The van der Waals surface area contributed by atoms with Crippen LogP contribution >= 0.6 is 23.4 Å². The van der Waals surface area contributed by atoms with Crippen molar-refractivity contribution in [1.82, 2.24) is 0 Å². The van der Waals surface area contributed by atoms with Crippen LogP contribution in [-0.2, 0) is 4.79 Å². The molecule has 142 valence electrons. The van der Waals surface area contributed by atoms with Crippen LogP contribution in [0, 0.1) is 29.1 Å². The van der Waals surface area contributed by atoms with Crippen LogP contribution < -0.4 is 0 Å². The molecule has 1 aliphatic heterocycles. The first kappa shape index (κ1) is 21.4. The van der Waals surface area contributed by atoms with Gasteiger partial charge in [0.05, 0.1) is 23.3 Å². The fourth-order valence-corrected chi connectivity index (χ4v) is 4.46. The molecule has 0 N–H and O–H groups in total. The van der Waals surface area contributed by atoms with Gasteiger partial charge < -0.3 is 0 Å². The first-order valence-electron chi connectivity index (χ1n) is 8.86. The minimum absolute atomic E-state index is 0.0240. The molecule has 1 unspecified atom stereocenters. The van der Waals surface area contributed by atoms with Crippen molar-refractivity contribution in [2.24, 2.45) is 22.7 Å². The van der Waals surface area contributed by atoms with E-state index < -0.39 is 0 Å². The minimum atomic E-state index is -0.363.